The Bertz CT molecular complexity index is 1240. The van der Waals surface area contributed by atoms with Gasteiger partial charge in [0.15, 0.2) is 0 Å². The lowest BCUT2D eigenvalue weighted by Gasteiger charge is -2.26. The number of anilines is 1. The van der Waals surface area contributed by atoms with Crippen LogP contribution in [0.25, 0.3) is 5.57 Å². The van der Waals surface area contributed by atoms with Crippen molar-refractivity contribution in [3.8, 4) is 5.75 Å². The topological polar surface area (TPSA) is 69.0 Å². The highest BCUT2D eigenvalue weighted by Gasteiger charge is 2.20. The summed E-state index contributed by atoms with van der Waals surface area (Å²) in [6, 6.07) is 8.28. The van der Waals surface area contributed by atoms with Crippen molar-refractivity contribution in [2.24, 2.45) is 5.92 Å². The molecule has 2 aromatic heterocycles. The Balaban J connectivity index is 1.68. The lowest BCUT2D eigenvalue weighted by atomic mass is 9.91. The van der Waals surface area contributed by atoms with E-state index in [1.165, 1.54) is 13.2 Å². The SMILES string of the molecule is COc1cn(Cc2ccc(F)c(Cl)c2)c(NC2C=C(c3cccnc3)C=CC2C)nc1=O. The predicted molar refractivity (Wildman–Crippen MR) is 123 cm³/mol. The first kappa shape index (κ1) is 21.8. The number of nitrogens with one attached hydrogen (secondary N) is 1. The maximum Gasteiger partial charge on any atom is 0.316 e. The summed E-state index contributed by atoms with van der Waals surface area (Å²) in [6.45, 7) is 2.40. The summed E-state index contributed by atoms with van der Waals surface area (Å²) >= 11 is 5.94. The fourth-order valence-corrected chi connectivity index (χ4v) is 3.71. The van der Waals surface area contributed by atoms with Gasteiger partial charge in [0.05, 0.1) is 30.9 Å². The van der Waals surface area contributed by atoms with E-state index >= 15 is 0 Å². The molecule has 1 aliphatic rings. The van der Waals surface area contributed by atoms with Crippen LogP contribution in [0.15, 0.2) is 71.9 Å². The van der Waals surface area contributed by atoms with Gasteiger partial charge in [-0.2, -0.15) is 4.98 Å². The van der Waals surface area contributed by atoms with Gasteiger partial charge in [-0.05, 0) is 40.8 Å². The third-order valence-corrected chi connectivity index (χ3v) is 5.61. The Kier molecular flexibility index (Phi) is 6.37. The van der Waals surface area contributed by atoms with E-state index in [1.54, 1.807) is 29.1 Å². The highest BCUT2D eigenvalue weighted by Crippen LogP contribution is 2.26. The van der Waals surface area contributed by atoms with Gasteiger partial charge in [0.25, 0.3) is 0 Å². The zero-order valence-electron chi connectivity index (χ0n) is 17.6. The third kappa shape index (κ3) is 4.73. The van der Waals surface area contributed by atoms with Crippen LogP contribution in [0, 0.1) is 11.7 Å². The smallest absolute Gasteiger partial charge is 0.316 e. The van der Waals surface area contributed by atoms with Crippen molar-refractivity contribution in [2.45, 2.75) is 19.5 Å². The quantitative estimate of drug-likeness (QED) is 0.594. The molecule has 0 spiro atoms. The summed E-state index contributed by atoms with van der Waals surface area (Å²) in [6.07, 6.45) is 11.4. The molecule has 0 saturated heterocycles. The van der Waals surface area contributed by atoms with Gasteiger partial charge in [0.1, 0.15) is 5.82 Å². The van der Waals surface area contributed by atoms with E-state index in [0.29, 0.717) is 12.5 Å². The van der Waals surface area contributed by atoms with E-state index in [-0.39, 0.29) is 22.7 Å². The van der Waals surface area contributed by atoms with Crippen molar-refractivity contribution < 1.29 is 9.13 Å². The number of hydrogen-bond donors (Lipinski definition) is 1. The molecule has 0 fully saturated rings. The first-order valence-electron chi connectivity index (χ1n) is 10.1. The number of aromatic nitrogens is 3. The second kappa shape index (κ2) is 9.36. The average molecular weight is 453 g/mol. The molecule has 1 aromatic carbocycles. The molecule has 1 aliphatic carbocycles. The van der Waals surface area contributed by atoms with Crippen molar-refractivity contribution in [1.29, 1.82) is 0 Å². The zero-order valence-corrected chi connectivity index (χ0v) is 18.4. The molecule has 1 N–H and O–H groups in total. The van der Waals surface area contributed by atoms with Crippen LogP contribution in [0.4, 0.5) is 10.3 Å². The van der Waals surface area contributed by atoms with Crippen LogP contribution in [-0.4, -0.2) is 27.7 Å². The summed E-state index contributed by atoms with van der Waals surface area (Å²) in [5.74, 6) is 0.167. The fourth-order valence-electron chi connectivity index (χ4n) is 3.51. The molecule has 2 heterocycles. The van der Waals surface area contributed by atoms with Gasteiger partial charge >= 0.3 is 5.56 Å². The molecule has 0 bridgehead atoms. The van der Waals surface area contributed by atoms with E-state index in [2.05, 4.69) is 40.4 Å². The van der Waals surface area contributed by atoms with Crippen LogP contribution in [0.1, 0.15) is 18.1 Å². The van der Waals surface area contributed by atoms with Crippen LogP contribution in [0.3, 0.4) is 0 Å². The van der Waals surface area contributed by atoms with Gasteiger partial charge in [-0.15, -0.1) is 0 Å². The molecule has 164 valence electrons. The molecule has 0 radical (unpaired) electrons. The summed E-state index contributed by atoms with van der Waals surface area (Å²) in [5, 5.41) is 3.41. The van der Waals surface area contributed by atoms with Gasteiger partial charge < -0.3 is 14.6 Å². The summed E-state index contributed by atoms with van der Waals surface area (Å²) in [4.78, 5) is 20.8. The molecule has 3 aromatic rings. The lowest BCUT2D eigenvalue weighted by Crippen LogP contribution is -2.30. The second-order valence-electron chi connectivity index (χ2n) is 7.57. The number of rotatable bonds is 6. The van der Waals surface area contributed by atoms with E-state index < -0.39 is 11.4 Å². The number of nitrogens with zero attached hydrogens (tertiary/aromatic N) is 3. The fraction of sp³-hybridized carbons (Fsp3) is 0.208. The van der Waals surface area contributed by atoms with Crippen molar-refractivity contribution in [3.05, 3.63) is 99.5 Å². The molecule has 0 amide bonds. The first-order chi connectivity index (χ1) is 15.4. The first-order valence-corrected chi connectivity index (χ1v) is 10.5. The van der Waals surface area contributed by atoms with Crippen molar-refractivity contribution in [1.82, 2.24) is 14.5 Å². The molecule has 8 heteroatoms. The van der Waals surface area contributed by atoms with E-state index in [9.17, 15) is 9.18 Å². The molecule has 6 nitrogen and oxygen atoms in total. The molecular formula is C24H22ClFN4O2. The van der Waals surface area contributed by atoms with Gasteiger partial charge in [0.2, 0.25) is 11.7 Å². The maximum absolute atomic E-state index is 13.6. The molecule has 32 heavy (non-hydrogen) atoms. The van der Waals surface area contributed by atoms with Crippen LogP contribution < -0.4 is 15.6 Å². The Morgan fingerprint density at radius 2 is 2.16 bits per heavy atom. The maximum atomic E-state index is 13.6. The minimum atomic E-state index is -0.486. The molecule has 0 saturated carbocycles. The summed E-state index contributed by atoms with van der Waals surface area (Å²) in [5.41, 5.74) is 2.32. The summed E-state index contributed by atoms with van der Waals surface area (Å²) in [7, 11) is 1.42. The normalized spacial score (nSPS) is 17.7. The van der Waals surface area contributed by atoms with Crippen molar-refractivity contribution in [3.63, 3.8) is 0 Å². The molecule has 4 rings (SSSR count). The highest BCUT2D eigenvalue weighted by molar-refractivity contribution is 6.30. The van der Waals surface area contributed by atoms with Crippen LogP contribution in [-0.2, 0) is 6.54 Å². The van der Waals surface area contributed by atoms with Gasteiger partial charge in [-0.25, -0.2) is 4.39 Å². The number of halogens is 2. The zero-order chi connectivity index (χ0) is 22.7. The van der Waals surface area contributed by atoms with E-state index in [4.69, 9.17) is 16.3 Å². The Labute approximate surface area is 190 Å². The number of allylic oxidation sites excluding steroid dienone is 2. The van der Waals surface area contributed by atoms with Crippen molar-refractivity contribution >= 4 is 23.1 Å². The van der Waals surface area contributed by atoms with E-state index in [0.717, 1.165) is 16.7 Å². The number of pyridine rings is 1. The number of benzene rings is 1. The van der Waals surface area contributed by atoms with E-state index in [1.807, 2.05) is 18.3 Å². The number of methoxy groups -OCH3 is 1. The highest BCUT2D eigenvalue weighted by atomic mass is 35.5. The minimum absolute atomic E-state index is 0.0352. The van der Waals surface area contributed by atoms with Gasteiger partial charge in [0, 0.05) is 12.4 Å². The second-order valence-corrected chi connectivity index (χ2v) is 7.97. The Hall–Kier alpha value is -3.45. The molecule has 2 unspecified atom stereocenters. The summed E-state index contributed by atoms with van der Waals surface area (Å²) < 4.78 is 20.5. The van der Waals surface area contributed by atoms with Crippen LogP contribution >= 0.6 is 11.6 Å². The Morgan fingerprint density at radius 3 is 2.88 bits per heavy atom. The van der Waals surface area contributed by atoms with Gasteiger partial charge in [-0.3, -0.25) is 9.78 Å². The molecular weight excluding hydrogens is 431 g/mol. The van der Waals surface area contributed by atoms with Crippen LogP contribution in [0.5, 0.6) is 5.75 Å². The standard InChI is InChI=1S/C24H22ClFN4O2/c1-15-5-7-17(18-4-3-9-27-12-18)11-21(15)28-24-29-23(31)22(32-2)14-30(24)13-16-6-8-20(26)19(25)10-16/h3-12,14-15,21H,13H2,1-2H3,(H,28,29,31). The molecule has 0 aliphatic heterocycles. The number of ether oxygens (including phenoxy) is 1. The van der Waals surface area contributed by atoms with Gasteiger partial charge in [-0.1, -0.05) is 48.9 Å². The predicted octanol–water partition coefficient (Wildman–Crippen LogP) is 4.56. The largest absolute Gasteiger partial charge is 0.490 e. The third-order valence-electron chi connectivity index (χ3n) is 5.32. The minimum Gasteiger partial charge on any atom is -0.490 e. The molecule has 2 atom stereocenters. The number of hydrogen-bond acceptors (Lipinski definition) is 5. The van der Waals surface area contributed by atoms with Crippen molar-refractivity contribution in [2.75, 3.05) is 12.4 Å². The lowest BCUT2D eigenvalue weighted by molar-refractivity contribution is 0.402. The average Bonchev–Trinajstić information content (AvgIpc) is 2.80. The monoisotopic (exact) mass is 452 g/mol. The Morgan fingerprint density at radius 1 is 1.31 bits per heavy atom. The van der Waals surface area contributed by atoms with Crippen LogP contribution in [0.2, 0.25) is 5.02 Å².